The molecule has 0 amide bonds. The number of hydrogen-bond acceptors (Lipinski definition) is 1. The average Bonchev–Trinajstić information content (AvgIpc) is 2.00. The van der Waals surface area contributed by atoms with Gasteiger partial charge >= 0.3 is 0 Å². The Bertz CT molecular complexity index is 109. The van der Waals surface area contributed by atoms with Gasteiger partial charge in [0, 0.05) is 0 Å². The zero-order valence-electron chi connectivity index (χ0n) is 8.71. The van der Waals surface area contributed by atoms with Crippen molar-refractivity contribution in [2.75, 3.05) is 0 Å². The molecule has 0 saturated heterocycles. The SMILES string of the molecule is CC(C)C(C)C(C)C(C)C(F)S. The first kappa shape index (κ1) is 12.3. The smallest absolute Gasteiger partial charge is 0.146 e. The normalized spacial score (nSPS) is 22.0. The summed E-state index contributed by atoms with van der Waals surface area (Å²) in [7, 11) is 0. The molecular weight excluding hydrogens is 171 g/mol. The monoisotopic (exact) mass is 192 g/mol. The van der Waals surface area contributed by atoms with Crippen molar-refractivity contribution in [1.82, 2.24) is 0 Å². The number of rotatable bonds is 4. The third-order valence-electron chi connectivity index (χ3n) is 3.14. The first-order chi connectivity index (χ1) is 5.37. The predicted molar refractivity (Wildman–Crippen MR) is 56.2 cm³/mol. The number of halogens is 1. The Morgan fingerprint density at radius 3 is 1.50 bits per heavy atom. The van der Waals surface area contributed by atoms with E-state index in [1.807, 2.05) is 6.92 Å². The van der Waals surface area contributed by atoms with E-state index >= 15 is 0 Å². The van der Waals surface area contributed by atoms with Crippen LogP contribution in [-0.4, -0.2) is 5.50 Å². The minimum atomic E-state index is -0.985. The number of alkyl halides is 1. The lowest BCUT2D eigenvalue weighted by Gasteiger charge is -2.29. The summed E-state index contributed by atoms with van der Waals surface area (Å²) in [6, 6.07) is 0. The van der Waals surface area contributed by atoms with Gasteiger partial charge in [0.25, 0.3) is 0 Å². The standard InChI is InChI=1S/C10H21FS/c1-6(2)7(3)8(4)9(5)10(11)12/h6-10,12H,1-5H3. The number of hydrogen-bond donors (Lipinski definition) is 1. The quantitative estimate of drug-likeness (QED) is 0.644. The molecule has 12 heavy (non-hydrogen) atoms. The van der Waals surface area contributed by atoms with Crippen molar-refractivity contribution in [3.63, 3.8) is 0 Å². The molecule has 0 bridgehead atoms. The third-order valence-corrected chi connectivity index (χ3v) is 3.61. The lowest BCUT2D eigenvalue weighted by molar-refractivity contribution is 0.178. The number of thiol groups is 1. The van der Waals surface area contributed by atoms with Crippen molar-refractivity contribution < 1.29 is 4.39 Å². The second-order valence-corrected chi connectivity index (χ2v) is 4.69. The molecule has 74 valence electrons. The fourth-order valence-electron chi connectivity index (χ4n) is 1.34. The van der Waals surface area contributed by atoms with Gasteiger partial charge in [-0.1, -0.05) is 34.6 Å². The molecule has 4 unspecified atom stereocenters. The predicted octanol–water partition coefficient (Wildman–Crippen LogP) is 3.78. The molecule has 2 heteroatoms. The third kappa shape index (κ3) is 3.34. The summed E-state index contributed by atoms with van der Waals surface area (Å²) in [5, 5.41) is 0. The van der Waals surface area contributed by atoms with Gasteiger partial charge in [0.2, 0.25) is 0 Å². The highest BCUT2D eigenvalue weighted by molar-refractivity contribution is 7.80. The van der Waals surface area contributed by atoms with Crippen LogP contribution < -0.4 is 0 Å². The first-order valence-corrected chi connectivity index (χ1v) is 5.21. The minimum Gasteiger partial charge on any atom is -0.236 e. The van der Waals surface area contributed by atoms with Crippen molar-refractivity contribution in [3.8, 4) is 0 Å². The summed E-state index contributed by atoms with van der Waals surface area (Å²) < 4.78 is 12.8. The van der Waals surface area contributed by atoms with E-state index in [0.717, 1.165) is 0 Å². The lowest BCUT2D eigenvalue weighted by atomic mass is 9.79. The van der Waals surface area contributed by atoms with E-state index < -0.39 is 5.50 Å². The molecule has 0 aliphatic heterocycles. The molecular formula is C10H21FS. The van der Waals surface area contributed by atoms with E-state index in [2.05, 4.69) is 40.3 Å². The highest BCUT2D eigenvalue weighted by atomic mass is 32.1. The van der Waals surface area contributed by atoms with Crippen molar-refractivity contribution >= 4 is 12.6 Å². The summed E-state index contributed by atoms with van der Waals surface area (Å²) in [6.07, 6.45) is 0. The maximum atomic E-state index is 12.8. The van der Waals surface area contributed by atoms with Gasteiger partial charge in [-0.15, -0.1) is 12.6 Å². The highest BCUT2D eigenvalue weighted by Gasteiger charge is 2.25. The van der Waals surface area contributed by atoms with E-state index in [-0.39, 0.29) is 5.92 Å². The van der Waals surface area contributed by atoms with Gasteiger partial charge in [-0.25, -0.2) is 4.39 Å². The Morgan fingerprint density at radius 1 is 0.833 bits per heavy atom. The highest BCUT2D eigenvalue weighted by Crippen LogP contribution is 2.30. The minimum absolute atomic E-state index is 0.0470. The Kier molecular flexibility index (Phi) is 5.22. The molecule has 0 aromatic rings. The van der Waals surface area contributed by atoms with Gasteiger partial charge in [0.1, 0.15) is 5.50 Å². The summed E-state index contributed by atoms with van der Waals surface area (Å²) >= 11 is 3.83. The van der Waals surface area contributed by atoms with Crippen LogP contribution in [0, 0.1) is 23.7 Å². The van der Waals surface area contributed by atoms with Crippen LogP contribution in [0.2, 0.25) is 0 Å². The fourth-order valence-corrected chi connectivity index (χ4v) is 1.61. The second-order valence-electron chi connectivity index (χ2n) is 4.19. The van der Waals surface area contributed by atoms with Crippen LogP contribution in [-0.2, 0) is 0 Å². The zero-order valence-corrected chi connectivity index (χ0v) is 9.61. The molecule has 0 fully saturated rings. The summed E-state index contributed by atoms with van der Waals surface area (Å²) in [5.74, 6) is 1.63. The van der Waals surface area contributed by atoms with E-state index in [4.69, 9.17) is 0 Å². The van der Waals surface area contributed by atoms with Gasteiger partial charge in [0.15, 0.2) is 0 Å². The fraction of sp³-hybridized carbons (Fsp3) is 1.00. The van der Waals surface area contributed by atoms with Crippen LogP contribution in [0.4, 0.5) is 4.39 Å². The Hall–Kier alpha value is 0.280. The summed E-state index contributed by atoms with van der Waals surface area (Å²) in [4.78, 5) is 0. The zero-order chi connectivity index (χ0) is 9.89. The van der Waals surface area contributed by atoms with Gasteiger partial charge in [-0.2, -0.15) is 0 Å². The molecule has 0 radical (unpaired) electrons. The van der Waals surface area contributed by atoms with Crippen LogP contribution in [0.25, 0.3) is 0 Å². The van der Waals surface area contributed by atoms with Crippen molar-refractivity contribution in [2.45, 2.75) is 40.1 Å². The molecule has 0 aliphatic rings. The van der Waals surface area contributed by atoms with Crippen molar-refractivity contribution in [1.29, 1.82) is 0 Å². The van der Waals surface area contributed by atoms with Crippen molar-refractivity contribution in [3.05, 3.63) is 0 Å². The van der Waals surface area contributed by atoms with E-state index in [1.54, 1.807) is 0 Å². The van der Waals surface area contributed by atoms with E-state index in [1.165, 1.54) is 0 Å². The molecule has 0 aliphatic carbocycles. The molecule has 0 rings (SSSR count). The maximum absolute atomic E-state index is 12.8. The van der Waals surface area contributed by atoms with Crippen LogP contribution in [0.5, 0.6) is 0 Å². The molecule has 0 N–H and O–H groups in total. The largest absolute Gasteiger partial charge is 0.236 e. The van der Waals surface area contributed by atoms with Crippen LogP contribution in [0.3, 0.4) is 0 Å². The molecule has 4 atom stereocenters. The lowest BCUT2D eigenvalue weighted by Crippen LogP contribution is -2.25. The molecule has 0 spiro atoms. The summed E-state index contributed by atoms with van der Waals surface area (Å²) in [6.45, 7) is 10.6. The molecule has 0 aromatic heterocycles. The second kappa shape index (κ2) is 5.11. The van der Waals surface area contributed by atoms with E-state index in [0.29, 0.717) is 17.8 Å². The van der Waals surface area contributed by atoms with Crippen LogP contribution >= 0.6 is 12.6 Å². The molecule has 0 heterocycles. The Balaban J connectivity index is 4.08. The average molecular weight is 192 g/mol. The van der Waals surface area contributed by atoms with Crippen LogP contribution in [0.1, 0.15) is 34.6 Å². The van der Waals surface area contributed by atoms with E-state index in [9.17, 15) is 4.39 Å². The molecule has 0 saturated carbocycles. The van der Waals surface area contributed by atoms with Gasteiger partial charge < -0.3 is 0 Å². The summed E-state index contributed by atoms with van der Waals surface area (Å²) in [5.41, 5.74) is -0.985. The first-order valence-electron chi connectivity index (χ1n) is 4.70. The Morgan fingerprint density at radius 2 is 1.25 bits per heavy atom. The van der Waals surface area contributed by atoms with Crippen LogP contribution in [0.15, 0.2) is 0 Å². The van der Waals surface area contributed by atoms with Crippen molar-refractivity contribution in [2.24, 2.45) is 23.7 Å². The molecule has 0 aromatic carbocycles. The van der Waals surface area contributed by atoms with Gasteiger partial charge in [-0.3, -0.25) is 0 Å². The van der Waals surface area contributed by atoms with Gasteiger partial charge in [0.05, 0.1) is 0 Å². The van der Waals surface area contributed by atoms with Gasteiger partial charge in [-0.05, 0) is 23.7 Å². The molecule has 0 nitrogen and oxygen atoms in total. The Labute approximate surface area is 81.3 Å². The maximum Gasteiger partial charge on any atom is 0.146 e. The topological polar surface area (TPSA) is 0 Å².